The summed E-state index contributed by atoms with van der Waals surface area (Å²) in [5.41, 5.74) is 3.09. The molecule has 1 heterocycles. The Morgan fingerprint density at radius 1 is 1.09 bits per heavy atom. The van der Waals surface area contributed by atoms with Crippen molar-refractivity contribution in [1.82, 2.24) is 5.32 Å². The Hall–Kier alpha value is -2.93. The standard InChI is InChI=1S/C27H26F3NO2S/c1-2-24(26(33)31-22-7-8-22)18-6-9-25(19-10-11-34-16-19)20(14-18)15-23(32)13-17-4-3-5-21(12-17)27(28,29)30/h3-6,9-12,14,16,22,24H,2,7-8,13,15H2,1H3,(H,31,33). The third-order valence-corrected chi connectivity index (χ3v) is 6.74. The zero-order chi connectivity index (χ0) is 24.3. The summed E-state index contributed by atoms with van der Waals surface area (Å²) in [6.45, 7) is 1.96. The maximum Gasteiger partial charge on any atom is 0.416 e. The average Bonchev–Trinajstić information content (AvgIpc) is 3.42. The number of hydrogen-bond acceptors (Lipinski definition) is 3. The summed E-state index contributed by atoms with van der Waals surface area (Å²) in [6, 6.07) is 12.9. The van der Waals surface area contributed by atoms with Crippen LogP contribution in [-0.4, -0.2) is 17.7 Å². The molecule has 3 nitrogen and oxygen atoms in total. The molecule has 1 fully saturated rings. The van der Waals surface area contributed by atoms with Crippen molar-refractivity contribution < 1.29 is 22.8 Å². The first-order chi connectivity index (χ1) is 16.2. The fraction of sp³-hybridized carbons (Fsp3) is 0.333. The fourth-order valence-corrected chi connectivity index (χ4v) is 4.79. The first-order valence-electron chi connectivity index (χ1n) is 11.4. The van der Waals surface area contributed by atoms with Gasteiger partial charge in [-0.2, -0.15) is 24.5 Å². The molecule has 7 heteroatoms. The second-order valence-corrected chi connectivity index (χ2v) is 9.54. The molecule has 1 N–H and O–H groups in total. The Bertz CT molecular complexity index is 1170. The van der Waals surface area contributed by atoms with E-state index in [1.165, 1.54) is 6.07 Å². The maximum absolute atomic E-state index is 13.0. The van der Waals surface area contributed by atoms with Crippen LogP contribution in [-0.2, 0) is 28.6 Å². The predicted molar refractivity (Wildman–Crippen MR) is 128 cm³/mol. The van der Waals surface area contributed by atoms with Gasteiger partial charge in [-0.3, -0.25) is 9.59 Å². The Morgan fingerprint density at radius 3 is 2.53 bits per heavy atom. The lowest BCUT2D eigenvalue weighted by molar-refractivity contribution is -0.137. The summed E-state index contributed by atoms with van der Waals surface area (Å²) in [7, 11) is 0. The number of Topliss-reactive ketones (excluding diaryl/α,β-unsaturated/α-hetero) is 1. The summed E-state index contributed by atoms with van der Waals surface area (Å²) < 4.78 is 39.1. The summed E-state index contributed by atoms with van der Waals surface area (Å²) in [4.78, 5) is 25.7. The molecule has 4 rings (SSSR count). The quantitative estimate of drug-likeness (QED) is 0.373. The highest BCUT2D eigenvalue weighted by Crippen LogP contribution is 2.32. The molecule has 1 aliphatic rings. The topological polar surface area (TPSA) is 46.2 Å². The molecule has 0 saturated heterocycles. The van der Waals surface area contributed by atoms with E-state index in [0.717, 1.165) is 47.2 Å². The van der Waals surface area contributed by atoms with Crippen molar-refractivity contribution in [2.75, 3.05) is 0 Å². The maximum atomic E-state index is 13.0. The van der Waals surface area contributed by atoms with Crippen molar-refractivity contribution in [1.29, 1.82) is 0 Å². The Labute approximate surface area is 201 Å². The Morgan fingerprint density at radius 2 is 1.88 bits per heavy atom. The van der Waals surface area contributed by atoms with E-state index >= 15 is 0 Å². The van der Waals surface area contributed by atoms with Crippen molar-refractivity contribution in [2.45, 2.75) is 57.2 Å². The first kappa shape index (κ1) is 24.2. The van der Waals surface area contributed by atoms with Gasteiger partial charge in [0.2, 0.25) is 5.91 Å². The highest BCUT2D eigenvalue weighted by molar-refractivity contribution is 7.08. The van der Waals surface area contributed by atoms with E-state index in [9.17, 15) is 22.8 Å². The molecule has 0 spiro atoms. The molecule has 1 aliphatic carbocycles. The number of carbonyl (C=O) groups excluding carboxylic acids is 2. The molecule has 1 aromatic heterocycles. The van der Waals surface area contributed by atoms with Gasteiger partial charge in [0, 0.05) is 18.9 Å². The number of nitrogens with one attached hydrogen (secondary N) is 1. The van der Waals surface area contributed by atoms with Crippen LogP contribution in [0, 0.1) is 0 Å². The highest BCUT2D eigenvalue weighted by Gasteiger charge is 2.31. The summed E-state index contributed by atoms with van der Waals surface area (Å²) >= 11 is 1.55. The molecule has 2 aromatic carbocycles. The van der Waals surface area contributed by atoms with Gasteiger partial charge in [-0.1, -0.05) is 43.3 Å². The summed E-state index contributed by atoms with van der Waals surface area (Å²) in [6.07, 6.45) is -1.81. The van der Waals surface area contributed by atoms with E-state index in [-0.39, 0.29) is 36.5 Å². The lowest BCUT2D eigenvalue weighted by Gasteiger charge is -2.18. The highest BCUT2D eigenvalue weighted by atomic mass is 32.1. The van der Waals surface area contributed by atoms with E-state index in [1.807, 2.05) is 41.9 Å². The van der Waals surface area contributed by atoms with Gasteiger partial charge in [-0.25, -0.2) is 0 Å². The van der Waals surface area contributed by atoms with E-state index in [4.69, 9.17) is 0 Å². The number of carbonyl (C=O) groups is 2. The molecule has 178 valence electrons. The van der Waals surface area contributed by atoms with E-state index in [2.05, 4.69) is 5.32 Å². The fourth-order valence-electron chi connectivity index (χ4n) is 4.14. The Balaban J connectivity index is 1.59. The van der Waals surface area contributed by atoms with Crippen molar-refractivity contribution in [3.05, 3.63) is 81.5 Å². The number of benzene rings is 2. The largest absolute Gasteiger partial charge is 0.416 e. The third-order valence-electron chi connectivity index (χ3n) is 6.06. The number of alkyl halides is 3. The van der Waals surface area contributed by atoms with Gasteiger partial charge in [-0.15, -0.1) is 0 Å². The normalized spacial score (nSPS) is 14.6. The molecule has 1 amide bonds. The molecule has 1 saturated carbocycles. The van der Waals surface area contributed by atoms with E-state index < -0.39 is 11.7 Å². The second-order valence-electron chi connectivity index (χ2n) is 8.76. The van der Waals surface area contributed by atoms with Crippen LogP contribution in [0.3, 0.4) is 0 Å². The zero-order valence-electron chi connectivity index (χ0n) is 18.8. The number of hydrogen-bond donors (Lipinski definition) is 1. The number of amides is 1. The molecule has 0 aliphatic heterocycles. The molecular formula is C27H26F3NO2S. The van der Waals surface area contributed by atoms with Crippen molar-refractivity contribution in [3.63, 3.8) is 0 Å². The minimum Gasteiger partial charge on any atom is -0.353 e. The van der Waals surface area contributed by atoms with Crippen molar-refractivity contribution >= 4 is 23.0 Å². The predicted octanol–water partition coefficient (Wildman–Crippen LogP) is 6.56. The van der Waals surface area contributed by atoms with Crippen LogP contribution in [0.25, 0.3) is 11.1 Å². The Kier molecular flexibility index (Phi) is 7.22. The number of halogens is 3. The summed E-state index contributed by atoms with van der Waals surface area (Å²) in [5.74, 6) is -0.493. The number of ketones is 1. The average molecular weight is 486 g/mol. The van der Waals surface area contributed by atoms with Gasteiger partial charge in [0.15, 0.2) is 0 Å². The minimum absolute atomic E-state index is 0.00507. The molecule has 1 atom stereocenters. The van der Waals surface area contributed by atoms with Gasteiger partial charge in [-0.05, 0) is 70.0 Å². The number of rotatable bonds is 9. The number of thiophene rings is 1. The van der Waals surface area contributed by atoms with Gasteiger partial charge in [0.05, 0.1) is 11.5 Å². The van der Waals surface area contributed by atoms with Crippen LogP contribution in [0.5, 0.6) is 0 Å². The van der Waals surface area contributed by atoms with Gasteiger partial charge in [0.25, 0.3) is 0 Å². The van der Waals surface area contributed by atoms with Crippen LogP contribution in [0.15, 0.2) is 59.3 Å². The van der Waals surface area contributed by atoms with Gasteiger partial charge in [0.1, 0.15) is 5.78 Å². The SMILES string of the molecule is CCC(C(=O)NC1CC1)c1ccc(-c2ccsc2)c(CC(=O)Cc2cccc(C(F)(F)F)c2)c1. The second kappa shape index (κ2) is 10.1. The van der Waals surface area contributed by atoms with Gasteiger partial charge < -0.3 is 5.32 Å². The van der Waals surface area contributed by atoms with Crippen LogP contribution in [0.4, 0.5) is 13.2 Å². The lowest BCUT2D eigenvalue weighted by atomic mass is 9.88. The molecule has 0 radical (unpaired) electrons. The molecule has 3 aromatic rings. The monoisotopic (exact) mass is 485 g/mol. The lowest BCUT2D eigenvalue weighted by Crippen LogP contribution is -2.30. The minimum atomic E-state index is -4.45. The van der Waals surface area contributed by atoms with E-state index in [0.29, 0.717) is 12.0 Å². The van der Waals surface area contributed by atoms with Gasteiger partial charge >= 0.3 is 6.18 Å². The van der Waals surface area contributed by atoms with E-state index in [1.54, 1.807) is 17.4 Å². The van der Waals surface area contributed by atoms with Crippen LogP contribution >= 0.6 is 11.3 Å². The van der Waals surface area contributed by atoms with Crippen molar-refractivity contribution in [3.8, 4) is 11.1 Å². The summed E-state index contributed by atoms with van der Waals surface area (Å²) in [5, 5.41) is 7.01. The molecule has 0 bridgehead atoms. The molecule has 1 unspecified atom stereocenters. The van der Waals surface area contributed by atoms with Crippen LogP contribution in [0.1, 0.15) is 54.4 Å². The zero-order valence-corrected chi connectivity index (χ0v) is 19.6. The molecule has 34 heavy (non-hydrogen) atoms. The van der Waals surface area contributed by atoms with Crippen LogP contribution in [0.2, 0.25) is 0 Å². The third kappa shape index (κ3) is 5.95. The van der Waals surface area contributed by atoms with Crippen molar-refractivity contribution in [2.24, 2.45) is 0 Å². The smallest absolute Gasteiger partial charge is 0.353 e. The molecular weight excluding hydrogens is 459 g/mol. The first-order valence-corrected chi connectivity index (χ1v) is 12.3. The van der Waals surface area contributed by atoms with Crippen LogP contribution < -0.4 is 5.32 Å².